The Labute approximate surface area is 115 Å². The fraction of sp³-hybridized carbons (Fsp3) is 0.462. The third-order valence-electron chi connectivity index (χ3n) is 2.88. The first kappa shape index (κ1) is 13.0. The largest absolute Gasteiger partial charge is 0.369 e. The van der Waals surface area contributed by atoms with Crippen molar-refractivity contribution in [2.45, 2.75) is 18.6 Å². The molecule has 0 unspecified atom stereocenters. The Hall–Kier alpha value is -0.480. The maximum Gasteiger partial charge on any atom is 0.152 e. The maximum absolute atomic E-state index is 11.1. The van der Waals surface area contributed by atoms with Gasteiger partial charge in [0, 0.05) is 39.3 Å². The predicted molar refractivity (Wildman–Crippen MR) is 78.3 cm³/mol. The third-order valence-corrected chi connectivity index (χ3v) is 4.67. The molecular weight excluding hydrogens is 298 g/mol. The Balaban J connectivity index is 2.30. The molecule has 1 heterocycles. The highest BCUT2D eigenvalue weighted by molar-refractivity contribution is 9.10. The number of hydrogen-bond donors (Lipinski definition) is 0. The van der Waals surface area contributed by atoms with Gasteiger partial charge in [0.25, 0.3) is 0 Å². The smallest absolute Gasteiger partial charge is 0.152 e. The summed E-state index contributed by atoms with van der Waals surface area (Å²) in [6.45, 7) is 6.50. The first-order chi connectivity index (χ1) is 8.02. The van der Waals surface area contributed by atoms with Gasteiger partial charge < -0.3 is 4.90 Å². The molecule has 0 amide bonds. The van der Waals surface area contributed by atoms with Crippen LogP contribution in [0.2, 0.25) is 0 Å². The van der Waals surface area contributed by atoms with Gasteiger partial charge in [-0.3, -0.25) is 4.79 Å². The summed E-state index contributed by atoms with van der Waals surface area (Å²) in [5.74, 6) is 1.11. The van der Waals surface area contributed by atoms with Crippen molar-refractivity contribution < 1.29 is 4.79 Å². The molecule has 17 heavy (non-hydrogen) atoms. The van der Waals surface area contributed by atoms with E-state index in [2.05, 4.69) is 34.7 Å². The van der Waals surface area contributed by atoms with Gasteiger partial charge in [-0.15, -0.1) is 0 Å². The normalized spacial score (nSPS) is 19.1. The maximum atomic E-state index is 11.1. The van der Waals surface area contributed by atoms with Crippen molar-refractivity contribution in [2.24, 2.45) is 0 Å². The standard InChI is InChI=1S/C13H16BrNOS/c1-13(2)9-15(5-6-17-13)12-4-3-11(14)7-10(12)8-16/h3-4,7-8H,5-6,9H2,1-2H3. The number of carbonyl (C=O) groups is 1. The molecular formula is C13H16BrNOS. The van der Waals surface area contributed by atoms with Crippen LogP contribution in [0.1, 0.15) is 24.2 Å². The molecule has 0 N–H and O–H groups in total. The van der Waals surface area contributed by atoms with Gasteiger partial charge >= 0.3 is 0 Å². The number of nitrogens with zero attached hydrogens (tertiary/aromatic N) is 1. The lowest BCUT2D eigenvalue weighted by molar-refractivity contribution is 0.112. The minimum atomic E-state index is 0.255. The monoisotopic (exact) mass is 313 g/mol. The van der Waals surface area contributed by atoms with Crippen LogP contribution in [0.3, 0.4) is 0 Å². The molecule has 2 nitrogen and oxygen atoms in total. The van der Waals surface area contributed by atoms with Gasteiger partial charge in [0.1, 0.15) is 0 Å². The van der Waals surface area contributed by atoms with Crippen LogP contribution in [-0.2, 0) is 0 Å². The summed E-state index contributed by atoms with van der Waals surface area (Å²) in [7, 11) is 0. The van der Waals surface area contributed by atoms with Crippen LogP contribution in [0.15, 0.2) is 22.7 Å². The van der Waals surface area contributed by atoms with Gasteiger partial charge in [-0.2, -0.15) is 11.8 Å². The molecule has 0 saturated carbocycles. The summed E-state index contributed by atoms with van der Waals surface area (Å²) in [6.07, 6.45) is 0.939. The molecule has 4 heteroatoms. The Morgan fingerprint density at radius 3 is 2.88 bits per heavy atom. The van der Waals surface area contributed by atoms with Gasteiger partial charge in [-0.1, -0.05) is 15.9 Å². The summed E-state index contributed by atoms with van der Waals surface area (Å²) < 4.78 is 1.21. The highest BCUT2D eigenvalue weighted by Gasteiger charge is 2.28. The van der Waals surface area contributed by atoms with Crippen molar-refractivity contribution in [1.82, 2.24) is 0 Å². The average molecular weight is 314 g/mol. The van der Waals surface area contributed by atoms with Crippen LogP contribution in [0.4, 0.5) is 5.69 Å². The second-order valence-corrected chi connectivity index (χ2v) is 7.57. The topological polar surface area (TPSA) is 20.3 Å². The molecule has 1 saturated heterocycles. The molecule has 0 aliphatic carbocycles. The van der Waals surface area contributed by atoms with Crippen molar-refractivity contribution in [3.8, 4) is 0 Å². The quantitative estimate of drug-likeness (QED) is 0.778. The van der Waals surface area contributed by atoms with Crippen LogP contribution in [0.25, 0.3) is 0 Å². The second-order valence-electron chi connectivity index (χ2n) is 4.85. The van der Waals surface area contributed by atoms with E-state index in [1.165, 1.54) is 0 Å². The summed E-state index contributed by atoms with van der Waals surface area (Å²) >= 11 is 5.40. The molecule has 0 aromatic heterocycles. The third kappa shape index (κ3) is 3.05. The number of hydrogen-bond acceptors (Lipinski definition) is 3. The SMILES string of the molecule is CC1(C)CN(c2ccc(Br)cc2C=O)CCS1. The molecule has 92 valence electrons. The molecule has 1 fully saturated rings. The lowest BCUT2D eigenvalue weighted by Gasteiger charge is -2.39. The number of benzene rings is 1. The van der Waals surface area contributed by atoms with E-state index in [4.69, 9.17) is 0 Å². The zero-order valence-corrected chi connectivity index (χ0v) is 12.5. The molecule has 1 aliphatic heterocycles. The molecule has 0 spiro atoms. The van der Waals surface area contributed by atoms with Crippen LogP contribution >= 0.6 is 27.7 Å². The van der Waals surface area contributed by atoms with Crippen molar-refractivity contribution in [3.05, 3.63) is 28.2 Å². The van der Waals surface area contributed by atoms with Crippen LogP contribution < -0.4 is 4.90 Å². The molecule has 1 aliphatic rings. The molecule has 1 aromatic carbocycles. The molecule has 1 aromatic rings. The average Bonchev–Trinajstić information content (AvgIpc) is 2.27. The number of aldehydes is 1. The number of rotatable bonds is 2. The van der Waals surface area contributed by atoms with Gasteiger partial charge in [0.15, 0.2) is 6.29 Å². The summed E-state index contributed by atoms with van der Waals surface area (Å²) in [6, 6.07) is 5.91. The Morgan fingerprint density at radius 1 is 1.47 bits per heavy atom. The van der Waals surface area contributed by atoms with E-state index < -0.39 is 0 Å². The van der Waals surface area contributed by atoms with Crippen LogP contribution in [0, 0.1) is 0 Å². The molecule has 0 radical (unpaired) electrons. The fourth-order valence-electron chi connectivity index (χ4n) is 2.13. The van der Waals surface area contributed by atoms with Crippen LogP contribution in [-0.4, -0.2) is 29.9 Å². The van der Waals surface area contributed by atoms with E-state index >= 15 is 0 Å². The summed E-state index contributed by atoms with van der Waals surface area (Å²) in [4.78, 5) is 13.4. The van der Waals surface area contributed by atoms with Crippen molar-refractivity contribution in [2.75, 3.05) is 23.7 Å². The zero-order chi connectivity index (χ0) is 12.5. The van der Waals surface area contributed by atoms with E-state index in [9.17, 15) is 4.79 Å². The lowest BCUT2D eigenvalue weighted by atomic mass is 10.1. The minimum Gasteiger partial charge on any atom is -0.369 e. The first-order valence-electron chi connectivity index (χ1n) is 5.65. The molecule has 0 atom stereocenters. The fourth-order valence-corrected chi connectivity index (χ4v) is 3.62. The van der Waals surface area contributed by atoms with Crippen LogP contribution in [0.5, 0.6) is 0 Å². The molecule has 2 rings (SSSR count). The summed E-state index contributed by atoms with van der Waals surface area (Å²) in [5.41, 5.74) is 1.82. The van der Waals surface area contributed by atoms with Crippen molar-refractivity contribution in [3.63, 3.8) is 0 Å². The predicted octanol–water partition coefficient (Wildman–Crippen LogP) is 3.59. The van der Waals surface area contributed by atoms with E-state index in [-0.39, 0.29) is 4.75 Å². The second kappa shape index (κ2) is 5.02. The number of carbonyl (C=O) groups excluding carboxylic acids is 1. The van der Waals surface area contributed by atoms with Gasteiger partial charge in [0.05, 0.1) is 0 Å². The van der Waals surface area contributed by atoms with Gasteiger partial charge in [0.2, 0.25) is 0 Å². The van der Waals surface area contributed by atoms with E-state index in [1.54, 1.807) is 0 Å². The van der Waals surface area contributed by atoms with Crippen molar-refractivity contribution >= 4 is 39.7 Å². The first-order valence-corrected chi connectivity index (χ1v) is 7.43. The lowest BCUT2D eigenvalue weighted by Crippen LogP contribution is -2.43. The highest BCUT2D eigenvalue weighted by Crippen LogP contribution is 2.33. The Morgan fingerprint density at radius 2 is 2.24 bits per heavy atom. The Kier molecular flexibility index (Phi) is 3.83. The van der Waals surface area contributed by atoms with E-state index in [0.717, 1.165) is 40.9 Å². The number of anilines is 1. The van der Waals surface area contributed by atoms with E-state index in [0.29, 0.717) is 0 Å². The minimum absolute atomic E-state index is 0.255. The number of thioether (sulfide) groups is 1. The zero-order valence-electron chi connectivity index (χ0n) is 10.1. The van der Waals surface area contributed by atoms with Crippen molar-refractivity contribution in [1.29, 1.82) is 0 Å². The van der Waals surface area contributed by atoms with E-state index in [1.807, 2.05) is 30.0 Å². The van der Waals surface area contributed by atoms with Gasteiger partial charge in [-0.05, 0) is 32.0 Å². The summed E-state index contributed by atoms with van der Waals surface area (Å²) in [5, 5.41) is 0. The highest BCUT2D eigenvalue weighted by atomic mass is 79.9. The van der Waals surface area contributed by atoms with Gasteiger partial charge in [-0.25, -0.2) is 0 Å². The molecule has 0 bridgehead atoms. The number of halogens is 1. The Bertz CT molecular complexity index is 433.